The molecule has 1 saturated carbocycles. The van der Waals surface area contributed by atoms with E-state index >= 15 is 0 Å². The minimum atomic E-state index is 0. The van der Waals surface area contributed by atoms with Gasteiger partial charge in [0, 0.05) is 58.3 Å². The van der Waals surface area contributed by atoms with Crippen LogP contribution in [0.2, 0.25) is 0 Å². The molecule has 152 valence electrons. The highest BCUT2D eigenvalue weighted by atomic mass is 127. The average Bonchev–Trinajstić information content (AvgIpc) is 3.15. The van der Waals surface area contributed by atoms with Gasteiger partial charge >= 0.3 is 0 Å². The lowest BCUT2D eigenvalue weighted by atomic mass is 10.1. The maximum Gasteiger partial charge on any atom is 0.225 e. The van der Waals surface area contributed by atoms with Gasteiger partial charge < -0.3 is 15.5 Å². The molecule has 6 nitrogen and oxygen atoms in total. The summed E-state index contributed by atoms with van der Waals surface area (Å²) in [4.78, 5) is 21.3. The Morgan fingerprint density at radius 1 is 1.12 bits per heavy atom. The molecule has 0 aromatic rings. The van der Waals surface area contributed by atoms with Crippen molar-refractivity contribution in [3.05, 3.63) is 0 Å². The van der Waals surface area contributed by atoms with Gasteiger partial charge in [-0.25, -0.2) is 0 Å². The number of nitrogens with one attached hydrogen (secondary N) is 2. The highest BCUT2D eigenvalue weighted by Crippen LogP contribution is 2.26. The van der Waals surface area contributed by atoms with Gasteiger partial charge in [0.05, 0.1) is 0 Å². The Labute approximate surface area is 176 Å². The summed E-state index contributed by atoms with van der Waals surface area (Å²) in [5, 5.41) is 6.82. The molecule has 1 aliphatic carbocycles. The van der Waals surface area contributed by atoms with Crippen LogP contribution < -0.4 is 10.6 Å². The molecule has 0 aromatic carbocycles. The van der Waals surface area contributed by atoms with Crippen LogP contribution in [0.4, 0.5) is 0 Å². The average molecular weight is 479 g/mol. The molecule has 0 spiro atoms. The van der Waals surface area contributed by atoms with Crippen molar-refractivity contribution in [1.82, 2.24) is 20.4 Å². The fourth-order valence-electron chi connectivity index (χ4n) is 3.53. The summed E-state index contributed by atoms with van der Waals surface area (Å²) in [6.45, 7) is 12.2. The van der Waals surface area contributed by atoms with Crippen molar-refractivity contribution in [2.75, 3.05) is 46.3 Å². The zero-order valence-electron chi connectivity index (χ0n) is 17.0. The Hall–Kier alpha value is -0.570. The van der Waals surface area contributed by atoms with E-state index in [0.717, 1.165) is 58.1 Å². The van der Waals surface area contributed by atoms with Gasteiger partial charge in [-0.15, -0.1) is 24.0 Å². The van der Waals surface area contributed by atoms with Gasteiger partial charge in [0.15, 0.2) is 5.96 Å². The van der Waals surface area contributed by atoms with E-state index in [-0.39, 0.29) is 24.0 Å². The van der Waals surface area contributed by atoms with Crippen LogP contribution in [0.15, 0.2) is 4.99 Å². The fourth-order valence-corrected chi connectivity index (χ4v) is 3.53. The highest BCUT2D eigenvalue weighted by molar-refractivity contribution is 14.0. The van der Waals surface area contributed by atoms with Crippen molar-refractivity contribution in [3.63, 3.8) is 0 Å². The summed E-state index contributed by atoms with van der Waals surface area (Å²) in [6.07, 6.45) is 4.66. The molecular weight excluding hydrogens is 441 g/mol. The van der Waals surface area contributed by atoms with Gasteiger partial charge in [-0.05, 0) is 25.7 Å². The molecule has 1 unspecified atom stereocenters. The minimum absolute atomic E-state index is 0. The number of halogens is 1. The first-order chi connectivity index (χ1) is 12.0. The van der Waals surface area contributed by atoms with E-state index in [9.17, 15) is 4.79 Å². The van der Waals surface area contributed by atoms with Crippen molar-refractivity contribution < 1.29 is 4.79 Å². The zero-order valence-corrected chi connectivity index (χ0v) is 19.3. The molecular formula is C19H38IN5O. The van der Waals surface area contributed by atoms with E-state index in [1.165, 1.54) is 12.8 Å². The van der Waals surface area contributed by atoms with Crippen LogP contribution in [0.1, 0.15) is 46.5 Å². The molecule has 0 bridgehead atoms. The first kappa shape index (κ1) is 23.5. The molecule has 1 amide bonds. The van der Waals surface area contributed by atoms with Gasteiger partial charge in [0.1, 0.15) is 0 Å². The Morgan fingerprint density at radius 2 is 1.73 bits per heavy atom. The van der Waals surface area contributed by atoms with Crippen molar-refractivity contribution in [1.29, 1.82) is 0 Å². The van der Waals surface area contributed by atoms with Crippen LogP contribution in [0.5, 0.6) is 0 Å². The second-order valence-corrected chi connectivity index (χ2v) is 7.82. The van der Waals surface area contributed by atoms with Gasteiger partial charge in [-0.3, -0.25) is 14.7 Å². The van der Waals surface area contributed by atoms with E-state index in [2.05, 4.69) is 46.2 Å². The van der Waals surface area contributed by atoms with Crippen LogP contribution in [0.25, 0.3) is 0 Å². The quantitative estimate of drug-likeness (QED) is 0.348. The lowest BCUT2D eigenvalue weighted by molar-refractivity contribution is -0.137. The van der Waals surface area contributed by atoms with E-state index < -0.39 is 0 Å². The van der Waals surface area contributed by atoms with Crippen molar-refractivity contribution in [2.24, 2.45) is 16.8 Å². The normalized spacial score (nSPS) is 20.8. The van der Waals surface area contributed by atoms with Gasteiger partial charge in [-0.2, -0.15) is 0 Å². The van der Waals surface area contributed by atoms with Crippen LogP contribution in [-0.4, -0.2) is 74.0 Å². The summed E-state index contributed by atoms with van der Waals surface area (Å²) in [5.74, 6) is 2.16. The number of carbonyl (C=O) groups excluding carboxylic acids is 1. The number of carbonyl (C=O) groups is 1. The summed E-state index contributed by atoms with van der Waals surface area (Å²) >= 11 is 0. The smallest absolute Gasteiger partial charge is 0.225 e. The Kier molecular flexibility index (Phi) is 10.8. The topological polar surface area (TPSA) is 60.0 Å². The Morgan fingerprint density at radius 3 is 2.27 bits per heavy atom. The number of guanidine groups is 1. The van der Waals surface area contributed by atoms with Gasteiger partial charge in [-0.1, -0.05) is 26.7 Å². The number of nitrogens with zero attached hydrogens (tertiary/aromatic N) is 3. The summed E-state index contributed by atoms with van der Waals surface area (Å²) in [6, 6.07) is 0.399. The third-order valence-corrected chi connectivity index (χ3v) is 5.70. The molecule has 7 heteroatoms. The largest absolute Gasteiger partial charge is 0.355 e. The highest BCUT2D eigenvalue weighted by Gasteiger charge is 2.29. The number of hydrogen-bond donors (Lipinski definition) is 2. The number of amides is 1. The first-order valence-electron chi connectivity index (χ1n) is 9.99. The summed E-state index contributed by atoms with van der Waals surface area (Å²) < 4.78 is 0. The molecule has 2 N–H and O–H groups in total. The molecule has 2 rings (SSSR count). The standard InChI is InChI=1S/C19H37N5O.HI/c1-15(2)16(3)22-19(20-4)21-9-10-23-11-13-24(14-12-23)18(25)17-7-5-6-8-17;/h15-17H,5-14H2,1-4H3,(H2,20,21,22);1H. The predicted molar refractivity (Wildman–Crippen MR) is 119 cm³/mol. The minimum Gasteiger partial charge on any atom is -0.355 e. The van der Waals surface area contributed by atoms with Crippen LogP contribution in [0, 0.1) is 11.8 Å². The van der Waals surface area contributed by atoms with Gasteiger partial charge in [0.25, 0.3) is 0 Å². The van der Waals surface area contributed by atoms with Gasteiger partial charge in [0.2, 0.25) is 5.91 Å². The number of hydrogen-bond acceptors (Lipinski definition) is 3. The SMILES string of the molecule is CN=C(NCCN1CCN(C(=O)C2CCCC2)CC1)NC(C)C(C)C.I. The second-order valence-electron chi connectivity index (χ2n) is 7.82. The maximum absolute atomic E-state index is 12.5. The molecule has 1 saturated heterocycles. The maximum atomic E-state index is 12.5. The Balaban J connectivity index is 0.00000338. The molecule has 0 aromatic heterocycles. The molecule has 2 aliphatic rings. The zero-order chi connectivity index (χ0) is 18.2. The Bertz CT molecular complexity index is 443. The third-order valence-electron chi connectivity index (χ3n) is 5.70. The lowest BCUT2D eigenvalue weighted by Crippen LogP contribution is -2.52. The molecule has 1 atom stereocenters. The van der Waals surface area contributed by atoms with Crippen LogP contribution in [0.3, 0.4) is 0 Å². The number of piperazine rings is 1. The molecule has 26 heavy (non-hydrogen) atoms. The van der Waals surface area contributed by atoms with E-state index in [0.29, 0.717) is 23.8 Å². The van der Waals surface area contributed by atoms with E-state index in [1.807, 2.05) is 7.05 Å². The van der Waals surface area contributed by atoms with Crippen LogP contribution in [-0.2, 0) is 4.79 Å². The monoisotopic (exact) mass is 479 g/mol. The molecule has 2 fully saturated rings. The molecule has 1 aliphatic heterocycles. The number of aliphatic imine (C=N–C) groups is 1. The second kappa shape index (κ2) is 12.0. The van der Waals surface area contributed by atoms with Crippen molar-refractivity contribution >= 4 is 35.8 Å². The number of rotatable bonds is 6. The fraction of sp³-hybridized carbons (Fsp3) is 0.895. The van der Waals surface area contributed by atoms with Crippen molar-refractivity contribution in [2.45, 2.75) is 52.5 Å². The summed E-state index contributed by atoms with van der Waals surface area (Å²) in [7, 11) is 1.82. The van der Waals surface area contributed by atoms with Crippen LogP contribution >= 0.6 is 24.0 Å². The van der Waals surface area contributed by atoms with E-state index in [4.69, 9.17) is 0 Å². The predicted octanol–water partition coefficient (Wildman–Crippen LogP) is 2.15. The molecule has 0 radical (unpaired) electrons. The third kappa shape index (κ3) is 7.21. The van der Waals surface area contributed by atoms with Crippen molar-refractivity contribution in [3.8, 4) is 0 Å². The molecule has 1 heterocycles. The summed E-state index contributed by atoms with van der Waals surface area (Å²) in [5.41, 5.74) is 0. The lowest BCUT2D eigenvalue weighted by Gasteiger charge is -2.36. The first-order valence-corrected chi connectivity index (χ1v) is 9.99. The van der Waals surface area contributed by atoms with E-state index in [1.54, 1.807) is 0 Å².